The Morgan fingerprint density at radius 3 is 1.94 bits per heavy atom. The summed E-state index contributed by atoms with van der Waals surface area (Å²) in [6.07, 6.45) is 3.33. The molecular formula is C21H22BrN5O4. The number of nitrogens with one attached hydrogen (secondary N) is 2. The van der Waals surface area contributed by atoms with Crippen LogP contribution in [0.2, 0.25) is 0 Å². The Morgan fingerprint density at radius 2 is 1.45 bits per heavy atom. The smallest absolute Gasteiger partial charge is 0.227 e. The summed E-state index contributed by atoms with van der Waals surface area (Å²) < 4.78 is 17.9. The summed E-state index contributed by atoms with van der Waals surface area (Å²) in [6.45, 7) is 1.47. The number of ether oxygens (including phenoxy) is 3. The van der Waals surface area contributed by atoms with Gasteiger partial charge < -0.3 is 24.8 Å². The third-order valence-electron chi connectivity index (χ3n) is 4.20. The Morgan fingerprint density at radius 1 is 0.903 bits per heavy atom. The van der Waals surface area contributed by atoms with Crippen molar-refractivity contribution in [3.63, 3.8) is 0 Å². The van der Waals surface area contributed by atoms with Gasteiger partial charge in [0.2, 0.25) is 17.6 Å². The molecule has 0 spiro atoms. The summed E-state index contributed by atoms with van der Waals surface area (Å²) in [7, 11) is 4.68. The summed E-state index contributed by atoms with van der Waals surface area (Å²) in [4.78, 5) is 19.8. The fourth-order valence-corrected chi connectivity index (χ4v) is 3.17. The van der Waals surface area contributed by atoms with Gasteiger partial charge in [0.1, 0.15) is 0 Å². The van der Waals surface area contributed by atoms with E-state index in [1.807, 2.05) is 12.1 Å². The van der Waals surface area contributed by atoms with Gasteiger partial charge in [-0.15, -0.1) is 0 Å². The minimum atomic E-state index is -0.119. The number of carbonyl (C=O) groups is 1. The predicted molar refractivity (Wildman–Crippen MR) is 123 cm³/mol. The number of nitrogens with zero attached hydrogens (tertiary/aromatic N) is 3. The Bertz CT molecular complexity index is 1020. The van der Waals surface area contributed by atoms with E-state index in [0.717, 1.165) is 17.1 Å². The second-order valence-corrected chi connectivity index (χ2v) is 7.02. The zero-order chi connectivity index (χ0) is 22.4. The predicted octanol–water partition coefficient (Wildman–Crippen LogP) is 4.65. The molecule has 10 heteroatoms. The van der Waals surface area contributed by atoms with Gasteiger partial charge in [-0.2, -0.15) is 0 Å². The van der Waals surface area contributed by atoms with E-state index in [1.165, 1.54) is 6.92 Å². The van der Waals surface area contributed by atoms with Crippen molar-refractivity contribution in [3.8, 4) is 17.2 Å². The van der Waals surface area contributed by atoms with Crippen LogP contribution in [0, 0.1) is 0 Å². The standard InChI is InChI=1S/C21H22BrN5O4/c1-13(28)25-14-5-7-15(8-6-14)26-21-23-11-17(12-24-21)27(22)16-9-18(29-2)20(31-4)19(10-16)30-3/h5-12H,1-4H3,(H,25,28)(H,23,24,26). The highest BCUT2D eigenvalue weighted by Crippen LogP contribution is 2.43. The molecule has 0 bridgehead atoms. The van der Waals surface area contributed by atoms with Gasteiger partial charge in [-0.3, -0.25) is 8.72 Å². The minimum absolute atomic E-state index is 0.119. The summed E-state index contributed by atoms with van der Waals surface area (Å²) in [5, 5.41) is 5.84. The van der Waals surface area contributed by atoms with Crippen LogP contribution in [0.25, 0.3) is 0 Å². The number of hydrogen-bond acceptors (Lipinski definition) is 8. The van der Waals surface area contributed by atoms with E-state index in [9.17, 15) is 4.79 Å². The van der Waals surface area contributed by atoms with Gasteiger partial charge >= 0.3 is 0 Å². The minimum Gasteiger partial charge on any atom is -0.493 e. The van der Waals surface area contributed by atoms with Gasteiger partial charge in [0, 0.05) is 30.4 Å². The van der Waals surface area contributed by atoms with Crippen molar-refractivity contribution >= 4 is 50.8 Å². The molecule has 1 aromatic heterocycles. The number of hydrogen-bond donors (Lipinski definition) is 2. The molecule has 9 nitrogen and oxygen atoms in total. The highest BCUT2D eigenvalue weighted by atomic mass is 79.9. The van der Waals surface area contributed by atoms with Crippen LogP contribution >= 0.6 is 16.1 Å². The summed E-state index contributed by atoms with van der Waals surface area (Å²) >= 11 is 3.53. The van der Waals surface area contributed by atoms with E-state index in [2.05, 4.69) is 36.7 Å². The number of rotatable bonds is 8. The van der Waals surface area contributed by atoms with Gasteiger partial charge in [-0.25, -0.2) is 9.97 Å². The molecule has 1 heterocycles. The lowest BCUT2D eigenvalue weighted by atomic mass is 10.2. The molecule has 0 aliphatic heterocycles. The molecule has 0 radical (unpaired) electrons. The zero-order valence-electron chi connectivity index (χ0n) is 17.5. The monoisotopic (exact) mass is 487 g/mol. The molecule has 0 fully saturated rings. The third-order valence-corrected chi connectivity index (χ3v) is 5.02. The molecule has 31 heavy (non-hydrogen) atoms. The van der Waals surface area contributed by atoms with E-state index in [4.69, 9.17) is 14.2 Å². The van der Waals surface area contributed by atoms with Crippen LogP contribution in [0.1, 0.15) is 6.92 Å². The molecule has 2 N–H and O–H groups in total. The number of benzene rings is 2. The van der Waals surface area contributed by atoms with Crippen LogP contribution in [0.15, 0.2) is 48.8 Å². The van der Waals surface area contributed by atoms with Gasteiger partial charge in [0.25, 0.3) is 0 Å². The Kier molecular flexibility index (Phi) is 7.14. The first kappa shape index (κ1) is 22.2. The lowest BCUT2D eigenvalue weighted by Gasteiger charge is -2.20. The number of methoxy groups -OCH3 is 3. The molecule has 0 aliphatic rings. The van der Waals surface area contributed by atoms with E-state index in [-0.39, 0.29) is 5.91 Å². The number of aromatic nitrogens is 2. The second kappa shape index (κ2) is 9.98. The van der Waals surface area contributed by atoms with Crippen LogP contribution in [0.3, 0.4) is 0 Å². The molecule has 3 rings (SSSR count). The maximum Gasteiger partial charge on any atom is 0.227 e. The normalized spacial score (nSPS) is 10.2. The fourth-order valence-electron chi connectivity index (χ4n) is 2.79. The summed E-state index contributed by atoms with van der Waals surface area (Å²) in [5.74, 6) is 1.88. The number of anilines is 5. The molecule has 3 aromatic rings. The molecule has 1 amide bonds. The molecule has 0 saturated carbocycles. The van der Waals surface area contributed by atoms with Crippen LogP contribution in [0.5, 0.6) is 17.2 Å². The number of carbonyl (C=O) groups excluding carboxylic acids is 1. The molecular weight excluding hydrogens is 466 g/mol. The highest BCUT2D eigenvalue weighted by molar-refractivity contribution is 9.10. The first-order valence-electron chi connectivity index (χ1n) is 9.17. The second-order valence-electron chi connectivity index (χ2n) is 6.31. The lowest BCUT2D eigenvalue weighted by molar-refractivity contribution is -0.114. The van der Waals surface area contributed by atoms with Crippen molar-refractivity contribution in [1.29, 1.82) is 0 Å². The van der Waals surface area contributed by atoms with Crippen molar-refractivity contribution in [2.45, 2.75) is 6.92 Å². The number of halogens is 1. The van der Waals surface area contributed by atoms with Crippen LogP contribution in [-0.4, -0.2) is 37.2 Å². The molecule has 0 saturated heterocycles. The molecule has 0 aliphatic carbocycles. The molecule has 162 valence electrons. The van der Waals surface area contributed by atoms with E-state index >= 15 is 0 Å². The summed E-state index contributed by atoms with van der Waals surface area (Å²) in [5.41, 5.74) is 2.95. The largest absolute Gasteiger partial charge is 0.493 e. The van der Waals surface area contributed by atoms with E-state index < -0.39 is 0 Å². The first-order chi connectivity index (χ1) is 14.9. The average molecular weight is 488 g/mol. The lowest BCUT2D eigenvalue weighted by Crippen LogP contribution is -2.06. The van der Waals surface area contributed by atoms with Gasteiger partial charge in [-0.1, -0.05) is 0 Å². The number of amides is 1. The fraction of sp³-hybridized carbons (Fsp3) is 0.190. The van der Waals surface area contributed by atoms with Gasteiger partial charge in [0.05, 0.1) is 61.2 Å². The molecule has 0 atom stereocenters. The van der Waals surface area contributed by atoms with Crippen molar-refractivity contribution in [3.05, 3.63) is 48.8 Å². The van der Waals surface area contributed by atoms with Crippen molar-refractivity contribution in [1.82, 2.24) is 9.97 Å². The molecule has 2 aromatic carbocycles. The Hall–Kier alpha value is -3.53. The summed E-state index contributed by atoms with van der Waals surface area (Å²) in [6, 6.07) is 10.9. The van der Waals surface area contributed by atoms with Gasteiger partial charge in [0.15, 0.2) is 11.5 Å². The SMILES string of the molecule is COc1cc(N(Br)c2cnc(Nc3ccc(NC(C)=O)cc3)nc2)cc(OC)c1OC. The maximum absolute atomic E-state index is 11.1. The van der Waals surface area contributed by atoms with Crippen LogP contribution in [-0.2, 0) is 4.79 Å². The zero-order valence-corrected chi connectivity index (χ0v) is 19.1. The van der Waals surface area contributed by atoms with Crippen LogP contribution < -0.4 is 28.8 Å². The first-order valence-corrected chi connectivity index (χ1v) is 9.88. The quantitative estimate of drug-likeness (QED) is 0.443. The Labute approximate surface area is 188 Å². The van der Waals surface area contributed by atoms with Crippen LogP contribution in [0.4, 0.5) is 28.7 Å². The van der Waals surface area contributed by atoms with Crippen molar-refractivity contribution in [2.75, 3.05) is 35.9 Å². The third kappa shape index (κ3) is 5.34. The van der Waals surface area contributed by atoms with E-state index in [0.29, 0.717) is 28.9 Å². The Balaban J connectivity index is 1.76. The van der Waals surface area contributed by atoms with Gasteiger partial charge in [-0.05, 0) is 24.3 Å². The molecule has 0 unspecified atom stereocenters. The topological polar surface area (TPSA) is 97.8 Å². The van der Waals surface area contributed by atoms with E-state index in [1.54, 1.807) is 61.9 Å². The van der Waals surface area contributed by atoms with Crippen molar-refractivity contribution < 1.29 is 19.0 Å². The maximum atomic E-state index is 11.1. The average Bonchev–Trinajstić information content (AvgIpc) is 2.79. The highest BCUT2D eigenvalue weighted by Gasteiger charge is 2.17. The van der Waals surface area contributed by atoms with Crippen molar-refractivity contribution in [2.24, 2.45) is 0 Å².